The molecule has 3 rings (SSSR count). The summed E-state index contributed by atoms with van der Waals surface area (Å²) >= 11 is 0. The van der Waals surface area contributed by atoms with E-state index in [0.29, 0.717) is 35.7 Å². The van der Waals surface area contributed by atoms with Gasteiger partial charge in [-0.15, -0.1) is 0 Å². The Balaban J connectivity index is 1.57. The predicted molar refractivity (Wildman–Crippen MR) is 133 cm³/mol. The average molecular weight is 519 g/mol. The predicted octanol–water partition coefficient (Wildman–Crippen LogP) is 2.85. The Morgan fingerprint density at radius 3 is 2.44 bits per heavy atom. The van der Waals surface area contributed by atoms with Gasteiger partial charge in [0.2, 0.25) is 0 Å². The van der Waals surface area contributed by atoms with Gasteiger partial charge in [-0.05, 0) is 63.4 Å². The first-order valence-corrected chi connectivity index (χ1v) is 13.1. The normalized spacial score (nSPS) is 13.8. The maximum absolute atomic E-state index is 12.6. The van der Waals surface area contributed by atoms with Crippen molar-refractivity contribution in [2.24, 2.45) is 4.99 Å². The highest BCUT2D eigenvalue weighted by Crippen LogP contribution is 2.20. The van der Waals surface area contributed by atoms with E-state index < -0.39 is 34.5 Å². The number of benzene rings is 1. The third-order valence-electron chi connectivity index (χ3n) is 5.53. The fourth-order valence-corrected chi connectivity index (χ4v) is 4.84. The molecule has 0 bridgehead atoms. The standard InChI is InChI=1S/C24H30N4O7S/c1-4-34-24(31)22-15(2)21(16(3)26-22)23(30)35-14-20(29)27-17-9-11-18(12-10-17)36(32,33)28-19-8-6-5-7-13-25-19/h9-12,26H,4-8,13-14H2,1-3H3,(H,25,28)(H,27,29). The van der Waals surface area contributed by atoms with Gasteiger partial charge in [-0.3, -0.25) is 14.5 Å². The molecule has 1 aliphatic rings. The third kappa shape index (κ3) is 6.72. The van der Waals surface area contributed by atoms with Crippen molar-refractivity contribution in [3.8, 4) is 0 Å². The van der Waals surface area contributed by atoms with Crippen molar-refractivity contribution in [1.29, 1.82) is 0 Å². The number of sulfonamides is 1. The quantitative estimate of drug-likeness (QED) is 0.454. The van der Waals surface area contributed by atoms with Crippen molar-refractivity contribution in [3.05, 3.63) is 46.8 Å². The molecule has 0 saturated carbocycles. The minimum atomic E-state index is -3.79. The molecule has 0 radical (unpaired) electrons. The fourth-order valence-electron chi connectivity index (χ4n) is 3.75. The molecule has 194 valence electrons. The molecule has 2 aromatic rings. The van der Waals surface area contributed by atoms with Crippen LogP contribution < -0.4 is 10.0 Å². The summed E-state index contributed by atoms with van der Waals surface area (Å²) in [4.78, 5) is 43.9. The highest BCUT2D eigenvalue weighted by atomic mass is 32.2. The second kappa shape index (κ2) is 11.8. The second-order valence-corrected chi connectivity index (χ2v) is 9.92. The minimum absolute atomic E-state index is 0.0367. The number of hydrogen-bond donors (Lipinski definition) is 3. The van der Waals surface area contributed by atoms with Crippen molar-refractivity contribution in [3.63, 3.8) is 0 Å². The molecule has 11 nitrogen and oxygen atoms in total. The first-order valence-electron chi connectivity index (χ1n) is 11.6. The molecule has 2 heterocycles. The van der Waals surface area contributed by atoms with E-state index in [9.17, 15) is 22.8 Å². The van der Waals surface area contributed by atoms with Crippen LogP contribution in [-0.2, 0) is 24.3 Å². The molecule has 0 fully saturated rings. The van der Waals surface area contributed by atoms with Gasteiger partial charge >= 0.3 is 11.9 Å². The Morgan fingerprint density at radius 2 is 1.75 bits per heavy atom. The van der Waals surface area contributed by atoms with Crippen LogP contribution >= 0.6 is 0 Å². The topological polar surface area (TPSA) is 156 Å². The largest absolute Gasteiger partial charge is 0.461 e. The number of nitrogens with one attached hydrogen (secondary N) is 3. The third-order valence-corrected chi connectivity index (χ3v) is 6.93. The van der Waals surface area contributed by atoms with Crippen molar-refractivity contribution >= 4 is 39.4 Å². The van der Waals surface area contributed by atoms with E-state index in [-0.39, 0.29) is 22.8 Å². The Hall–Kier alpha value is -3.67. The van der Waals surface area contributed by atoms with E-state index in [2.05, 4.69) is 20.0 Å². The van der Waals surface area contributed by atoms with Gasteiger partial charge in [0.05, 0.1) is 17.1 Å². The second-order valence-electron chi connectivity index (χ2n) is 8.24. The highest BCUT2D eigenvalue weighted by Gasteiger charge is 2.24. The van der Waals surface area contributed by atoms with E-state index in [1.165, 1.54) is 24.3 Å². The first-order chi connectivity index (χ1) is 17.1. The van der Waals surface area contributed by atoms with E-state index in [4.69, 9.17) is 9.47 Å². The van der Waals surface area contributed by atoms with Crippen molar-refractivity contribution in [2.75, 3.05) is 25.1 Å². The number of amidine groups is 1. The molecule has 0 aliphatic carbocycles. The molecule has 1 aliphatic heterocycles. The molecule has 0 unspecified atom stereocenters. The number of H-pyrrole nitrogens is 1. The molecular formula is C24H30N4O7S. The lowest BCUT2D eigenvalue weighted by molar-refractivity contribution is -0.119. The van der Waals surface area contributed by atoms with E-state index in [0.717, 1.165) is 19.3 Å². The average Bonchev–Trinajstić information content (AvgIpc) is 2.97. The molecule has 1 amide bonds. The van der Waals surface area contributed by atoms with Gasteiger partial charge in [-0.1, -0.05) is 6.42 Å². The Morgan fingerprint density at radius 1 is 1.03 bits per heavy atom. The van der Waals surface area contributed by atoms with Crippen LogP contribution in [0.4, 0.5) is 5.69 Å². The fraction of sp³-hybridized carbons (Fsp3) is 0.417. The monoisotopic (exact) mass is 518 g/mol. The molecule has 0 atom stereocenters. The summed E-state index contributed by atoms with van der Waals surface area (Å²) < 4.78 is 37.8. The van der Waals surface area contributed by atoms with Gasteiger partial charge in [0.25, 0.3) is 15.9 Å². The Bertz CT molecular complexity index is 1260. The van der Waals surface area contributed by atoms with Gasteiger partial charge in [0, 0.05) is 24.3 Å². The highest BCUT2D eigenvalue weighted by molar-refractivity contribution is 7.90. The summed E-state index contributed by atoms with van der Waals surface area (Å²) in [7, 11) is -3.79. The van der Waals surface area contributed by atoms with Crippen molar-refractivity contribution < 1.29 is 32.3 Å². The number of aliphatic imine (C=N–C) groups is 1. The molecule has 1 aromatic carbocycles. The number of esters is 2. The summed E-state index contributed by atoms with van der Waals surface area (Å²) in [6.07, 6.45) is 3.41. The number of aryl methyl sites for hydroxylation is 1. The molecule has 3 N–H and O–H groups in total. The smallest absolute Gasteiger partial charge is 0.355 e. The van der Waals surface area contributed by atoms with Crippen LogP contribution in [0.15, 0.2) is 34.2 Å². The maximum atomic E-state index is 12.6. The molecular weight excluding hydrogens is 488 g/mol. The van der Waals surface area contributed by atoms with Crippen LogP contribution in [0.25, 0.3) is 0 Å². The lowest BCUT2D eigenvalue weighted by Crippen LogP contribution is -2.30. The molecule has 1 aromatic heterocycles. The summed E-state index contributed by atoms with van der Waals surface area (Å²) in [5.41, 5.74) is 1.44. The Kier molecular flexibility index (Phi) is 8.86. The zero-order valence-electron chi connectivity index (χ0n) is 20.5. The molecule has 0 spiro atoms. The SMILES string of the molecule is CCOC(=O)c1[nH]c(C)c(C(=O)OCC(=O)Nc2ccc(S(=O)(=O)NC3=NCCCCC3)cc2)c1C. The first kappa shape index (κ1) is 26.9. The lowest BCUT2D eigenvalue weighted by atomic mass is 10.1. The number of anilines is 1. The van der Waals surface area contributed by atoms with Gasteiger partial charge in [-0.25, -0.2) is 18.0 Å². The van der Waals surface area contributed by atoms with E-state index in [1.807, 2.05) is 0 Å². The summed E-state index contributed by atoms with van der Waals surface area (Å²) in [6.45, 7) is 5.09. The zero-order valence-corrected chi connectivity index (χ0v) is 21.3. The van der Waals surface area contributed by atoms with Crippen molar-refractivity contribution in [1.82, 2.24) is 9.71 Å². The van der Waals surface area contributed by atoms with Crippen LogP contribution in [0.3, 0.4) is 0 Å². The number of aromatic nitrogens is 1. The Labute approximate surface area is 209 Å². The van der Waals surface area contributed by atoms with Crippen LogP contribution in [0.5, 0.6) is 0 Å². The molecule has 36 heavy (non-hydrogen) atoms. The van der Waals surface area contributed by atoms with Crippen LogP contribution in [0, 0.1) is 13.8 Å². The molecule has 0 saturated heterocycles. The van der Waals surface area contributed by atoms with E-state index in [1.54, 1.807) is 20.8 Å². The number of aromatic amines is 1. The summed E-state index contributed by atoms with van der Waals surface area (Å²) in [6, 6.07) is 5.61. The van der Waals surface area contributed by atoms with Crippen LogP contribution in [0.2, 0.25) is 0 Å². The summed E-state index contributed by atoms with van der Waals surface area (Å²) in [5, 5.41) is 2.55. The van der Waals surface area contributed by atoms with Gasteiger partial charge in [0.15, 0.2) is 6.61 Å². The van der Waals surface area contributed by atoms with Crippen molar-refractivity contribution in [2.45, 2.75) is 51.3 Å². The van der Waals surface area contributed by atoms with E-state index >= 15 is 0 Å². The summed E-state index contributed by atoms with van der Waals surface area (Å²) in [5.74, 6) is -1.51. The molecule has 12 heteroatoms. The maximum Gasteiger partial charge on any atom is 0.355 e. The van der Waals surface area contributed by atoms with Crippen LogP contribution in [-0.4, -0.2) is 56.8 Å². The minimum Gasteiger partial charge on any atom is -0.461 e. The number of nitrogens with zero attached hydrogens (tertiary/aromatic N) is 1. The number of hydrogen-bond acceptors (Lipinski definition) is 8. The number of carbonyl (C=O) groups is 3. The number of carbonyl (C=O) groups excluding carboxylic acids is 3. The number of ether oxygens (including phenoxy) is 2. The lowest BCUT2D eigenvalue weighted by Gasteiger charge is -2.11. The number of rotatable bonds is 8. The van der Waals surface area contributed by atoms with Crippen LogP contribution in [0.1, 0.15) is 64.7 Å². The van der Waals surface area contributed by atoms with Gasteiger partial charge in [0.1, 0.15) is 11.5 Å². The van der Waals surface area contributed by atoms with Gasteiger partial charge in [-0.2, -0.15) is 0 Å². The zero-order chi connectivity index (χ0) is 26.3. The van der Waals surface area contributed by atoms with Gasteiger partial charge < -0.3 is 19.8 Å². The number of amides is 1.